The van der Waals surface area contributed by atoms with Crippen molar-refractivity contribution >= 4 is 16.6 Å². The fraction of sp³-hybridized carbons (Fsp3) is 0.421. The van der Waals surface area contributed by atoms with E-state index >= 15 is 0 Å². The molecule has 0 atom stereocenters. The number of fused-ring (bicyclic) bond motifs is 1. The molecule has 0 amide bonds. The first-order chi connectivity index (χ1) is 10.7. The number of hydrogen-bond donors (Lipinski definition) is 0. The molecule has 116 valence electrons. The molecule has 3 heteroatoms. The van der Waals surface area contributed by atoms with Crippen LogP contribution in [0.2, 0.25) is 0 Å². The molecule has 2 aromatic carbocycles. The van der Waals surface area contributed by atoms with Crippen LogP contribution in [-0.2, 0) is 4.74 Å². The summed E-state index contributed by atoms with van der Waals surface area (Å²) >= 11 is 0. The second kappa shape index (κ2) is 6.49. The minimum Gasteiger partial charge on any atom is -0.497 e. The monoisotopic (exact) mass is 298 g/mol. The summed E-state index contributed by atoms with van der Waals surface area (Å²) in [7, 11) is 3.42. The molecular formula is C19H22O3. The Hall–Kier alpha value is -1.87. The Morgan fingerprint density at radius 3 is 2.32 bits per heavy atom. The number of methoxy groups -OCH3 is 2. The third kappa shape index (κ3) is 3.00. The van der Waals surface area contributed by atoms with E-state index in [1.54, 1.807) is 14.2 Å². The van der Waals surface area contributed by atoms with E-state index in [4.69, 9.17) is 9.47 Å². The number of carbonyl (C=O) groups excluding carboxylic acids is 1. The van der Waals surface area contributed by atoms with Crippen LogP contribution in [0.1, 0.15) is 36.0 Å². The third-order valence-electron chi connectivity index (χ3n) is 4.71. The predicted molar refractivity (Wildman–Crippen MR) is 87.6 cm³/mol. The quantitative estimate of drug-likeness (QED) is 0.792. The summed E-state index contributed by atoms with van der Waals surface area (Å²) in [6.07, 6.45) is 4.15. The van der Waals surface area contributed by atoms with Gasteiger partial charge in [-0.3, -0.25) is 4.79 Å². The average Bonchev–Trinajstić information content (AvgIpc) is 2.60. The average molecular weight is 298 g/mol. The summed E-state index contributed by atoms with van der Waals surface area (Å²) in [5.41, 5.74) is 0.818. The molecule has 0 saturated heterocycles. The number of hydrogen-bond acceptors (Lipinski definition) is 3. The van der Waals surface area contributed by atoms with Crippen LogP contribution < -0.4 is 4.74 Å². The molecule has 2 aromatic rings. The van der Waals surface area contributed by atoms with Gasteiger partial charge in [0, 0.05) is 18.6 Å². The van der Waals surface area contributed by atoms with E-state index < -0.39 is 0 Å². The lowest BCUT2D eigenvalue weighted by atomic mass is 9.82. The first kappa shape index (κ1) is 15.0. The van der Waals surface area contributed by atoms with Gasteiger partial charge in [0.1, 0.15) is 5.75 Å². The van der Waals surface area contributed by atoms with E-state index in [1.807, 2.05) is 36.4 Å². The Morgan fingerprint density at radius 2 is 1.64 bits per heavy atom. The van der Waals surface area contributed by atoms with Crippen molar-refractivity contribution in [3.63, 3.8) is 0 Å². The Morgan fingerprint density at radius 1 is 0.955 bits per heavy atom. The topological polar surface area (TPSA) is 35.5 Å². The number of rotatable bonds is 4. The largest absolute Gasteiger partial charge is 0.497 e. The number of Topliss-reactive ketones (excluding diaryl/α,β-unsaturated/α-hetero) is 1. The molecule has 1 fully saturated rings. The van der Waals surface area contributed by atoms with Crippen molar-refractivity contribution in [3.8, 4) is 5.75 Å². The van der Waals surface area contributed by atoms with E-state index in [2.05, 4.69) is 0 Å². The van der Waals surface area contributed by atoms with Crippen molar-refractivity contribution in [1.82, 2.24) is 0 Å². The van der Waals surface area contributed by atoms with E-state index in [1.165, 1.54) is 0 Å². The second-order valence-corrected chi connectivity index (χ2v) is 6.00. The van der Waals surface area contributed by atoms with Gasteiger partial charge < -0.3 is 9.47 Å². The second-order valence-electron chi connectivity index (χ2n) is 6.00. The molecule has 0 aliphatic heterocycles. The van der Waals surface area contributed by atoms with Crippen LogP contribution in [0.25, 0.3) is 10.8 Å². The molecular weight excluding hydrogens is 276 g/mol. The van der Waals surface area contributed by atoms with Gasteiger partial charge in [-0.05, 0) is 54.7 Å². The number of carbonyl (C=O) groups is 1. The van der Waals surface area contributed by atoms with Crippen LogP contribution in [0.15, 0.2) is 36.4 Å². The molecule has 22 heavy (non-hydrogen) atoms. The molecule has 1 aliphatic rings. The van der Waals surface area contributed by atoms with Crippen LogP contribution in [0.3, 0.4) is 0 Å². The molecule has 1 aliphatic carbocycles. The minimum absolute atomic E-state index is 0.141. The van der Waals surface area contributed by atoms with Crippen LogP contribution in [-0.4, -0.2) is 26.1 Å². The Balaban J connectivity index is 1.79. The summed E-state index contributed by atoms with van der Waals surface area (Å²) in [6.45, 7) is 0. The van der Waals surface area contributed by atoms with Gasteiger partial charge in [0.05, 0.1) is 13.2 Å². The highest BCUT2D eigenvalue weighted by Gasteiger charge is 2.26. The van der Waals surface area contributed by atoms with E-state index in [0.717, 1.165) is 47.8 Å². The Bertz CT molecular complexity index is 669. The van der Waals surface area contributed by atoms with Gasteiger partial charge >= 0.3 is 0 Å². The van der Waals surface area contributed by atoms with Crippen molar-refractivity contribution in [2.24, 2.45) is 5.92 Å². The minimum atomic E-state index is 0.141. The highest BCUT2D eigenvalue weighted by atomic mass is 16.5. The molecule has 0 bridgehead atoms. The summed E-state index contributed by atoms with van der Waals surface area (Å²) < 4.78 is 10.6. The van der Waals surface area contributed by atoms with Gasteiger partial charge in [0.25, 0.3) is 0 Å². The summed E-state index contributed by atoms with van der Waals surface area (Å²) in [5, 5.41) is 2.18. The zero-order valence-electron chi connectivity index (χ0n) is 13.2. The first-order valence-electron chi connectivity index (χ1n) is 7.86. The van der Waals surface area contributed by atoms with Crippen molar-refractivity contribution in [1.29, 1.82) is 0 Å². The number of ketones is 1. The van der Waals surface area contributed by atoms with Gasteiger partial charge in [0.2, 0.25) is 0 Å². The van der Waals surface area contributed by atoms with Crippen LogP contribution in [0.5, 0.6) is 5.75 Å². The lowest BCUT2D eigenvalue weighted by Crippen LogP contribution is -2.25. The Kier molecular flexibility index (Phi) is 4.44. The molecule has 0 unspecified atom stereocenters. The molecule has 3 rings (SSSR count). The maximum Gasteiger partial charge on any atom is 0.165 e. The van der Waals surface area contributed by atoms with Crippen LogP contribution >= 0.6 is 0 Å². The number of benzene rings is 2. The fourth-order valence-corrected chi connectivity index (χ4v) is 3.30. The first-order valence-corrected chi connectivity index (χ1v) is 7.86. The van der Waals surface area contributed by atoms with E-state index in [0.29, 0.717) is 6.10 Å². The predicted octanol–water partition coefficient (Wildman–Crippen LogP) is 4.24. The van der Waals surface area contributed by atoms with Gasteiger partial charge in [-0.15, -0.1) is 0 Å². The van der Waals surface area contributed by atoms with Gasteiger partial charge in [-0.25, -0.2) is 0 Å². The smallest absolute Gasteiger partial charge is 0.165 e. The van der Waals surface area contributed by atoms with E-state index in [-0.39, 0.29) is 11.7 Å². The zero-order valence-corrected chi connectivity index (χ0v) is 13.2. The molecule has 0 radical (unpaired) electrons. The molecule has 0 heterocycles. The molecule has 1 saturated carbocycles. The van der Waals surface area contributed by atoms with Crippen molar-refractivity contribution in [3.05, 3.63) is 42.0 Å². The zero-order chi connectivity index (χ0) is 15.5. The molecule has 3 nitrogen and oxygen atoms in total. The Labute approximate surface area is 131 Å². The fourth-order valence-electron chi connectivity index (χ4n) is 3.30. The SMILES string of the molecule is COc1ccc2cc(C(=O)C3CCC(OC)CC3)ccc2c1. The molecule has 0 spiro atoms. The highest BCUT2D eigenvalue weighted by molar-refractivity contribution is 6.01. The maximum atomic E-state index is 12.7. The summed E-state index contributed by atoms with van der Waals surface area (Å²) in [5.74, 6) is 1.25. The van der Waals surface area contributed by atoms with Crippen molar-refractivity contribution < 1.29 is 14.3 Å². The molecule has 0 N–H and O–H groups in total. The maximum absolute atomic E-state index is 12.7. The molecule has 0 aromatic heterocycles. The van der Waals surface area contributed by atoms with Crippen LogP contribution in [0.4, 0.5) is 0 Å². The summed E-state index contributed by atoms with van der Waals surface area (Å²) in [6, 6.07) is 11.9. The lowest BCUT2D eigenvalue weighted by Gasteiger charge is -2.26. The van der Waals surface area contributed by atoms with Crippen molar-refractivity contribution in [2.45, 2.75) is 31.8 Å². The van der Waals surface area contributed by atoms with Gasteiger partial charge in [0.15, 0.2) is 5.78 Å². The normalized spacial score (nSPS) is 21.7. The standard InChI is InChI=1S/C19H22O3/c1-21-17-8-5-13(6-9-17)19(20)16-4-3-15-12-18(22-2)10-7-14(15)11-16/h3-4,7,10-13,17H,5-6,8-9H2,1-2H3. The summed E-state index contributed by atoms with van der Waals surface area (Å²) in [4.78, 5) is 12.7. The third-order valence-corrected chi connectivity index (χ3v) is 4.71. The van der Waals surface area contributed by atoms with Crippen molar-refractivity contribution in [2.75, 3.05) is 14.2 Å². The van der Waals surface area contributed by atoms with Crippen LogP contribution in [0, 0.1) is 5.92 Å². The lowest BCUT2D eigenvalue weighted by molar-refractivity contribution is 0.0519. The highest BCUT2D eigenvalue weighted by Crippen LogP contribution is 2.30. The number of ether oxygens (including phenoxy) is 2. The van der Waals surface area contributed by atoms with Gasteiger partial charge in [-0.1, -0.05) is 18.2 Å². The van der Waals surface area contributed by atoms with E-state index in [9.17, 15) is 4.79 Å². The van der Waals surface area contributed by atoms with Gasteiger partial charge in [-0.2, -0.15) is 0 Å².